The number of amides is 1. The molecule has 24 heavy (non-hydrogen) atoms. The van der Waals surface area contributed by atoms with E-state index in [1.54, 1.807) is 6.92 Å². The van der Waals surface area contributed by atoms with Gasteiger partial charge in [0, 0.05) is 13.5 Å². The van der Waals surface area contributed by atoms with Crippen LogP contribution in [-0.4, -0.2) is 35.1 Å². The molecule has 1 amide bonds. The van der Waals surface area contributed by atoms with Gasteiger partial charge in [0.25, 0.3) is 5.91 Å². The molecular formula is C17H19F3N2O2. The largest absolute Gasteiger partial charge is 0.436 e. The Morgan fingerprint density at radius 3 is 2.29 bits per heavy atom. The van der Waals surface area contributed by atoms with Crippen LogP contribution in [0.1, 0.15) is 33.3 Å². The van der Waals surface area contributed by atoms with Gasteiger partial charge in [0.2, 0.25) is 5.76 Å². The normalized spacial score (nSPS) is 11.6. The van der Waals surface area contributed by atoms with E-state index in [4.69, 9.17) is 4.42 Å². The zero-order valence-electron chi connectivity index (χ0n) is 13.8. The highest BCUT2D eigenvalue weighted by molar-refractivity contribution is 5.92. The number of alkyl halides is 3. The lowest BCUT2D eigenvalue weighted by Gasteiger charge is -2.23. The van der Waals surface area contributed by atoms with E-state index >= 15 is 0 Å². The maximum atomic E-state index is 12.8. The standard InChI is InChI=1S/C17H19F3N2O2/c1-11-4-6-14(7-5-11)8-9-22(10-17(18,19)20)16(23)15-12(2)21-13(3)24-15/h4-7H,8-10H2,1-3H3. The number of benzene rings is 1. The van der Waals surface area contributed by atoms with Crippen LogP contribution in [0, 0.1) is 20.8 Å². The summed E-state index contributed by atoms with van der Waals surface area (Å²) >= 11 is 0. The molecule has 130 valence electrons. The fraction of sp³-hybridized carbons (Fsp3) is 0.412. The first kappa shape index (κ1) is 18.0. The number of carbonyl (C=O) groups excluding carboxylic acids is 1. The highest BCUT2D eigenvalue weighted by Crippen LogP contribution is 2.20. The smallest absolute Gasteiger partial charge is 0.406 e. The number of oxazole rings is 1. The summed E-state index contributed by atoms with van der Waals surface area (Å²) in [6.07, 6.45) is -4.15. The molecule has 7 heteroatoms. The minimum atomic E-state index is -4.48. The van der Waals surface area contributed by atoms with Crippen LogP contribution in [-0.2, 0) is 6.42 Å². The molecule has 0 saturated carbocycles. The van der Waals surface area contributed by atoms with Crippen LogP contribution in [0.25, 0.3) is 0 Å². The lowest BCUT2D eigenvalue weighted by molar-refractivity contribution is -0.140. The molecular weight excluding hydrogens is 321 g/mol. The lowest BCUT2D eigenvalue weighted by Crippen LogP contribution is -2.40. The molecule has 0 aliphatic rings. The number of halogens is 3. The summed E-state index contributed by atoms with van der Waals surface area (Å²) in [5, 5.41) is 0. The second-order valence-corrected chi connectivity index (χ2v) is 5.72. The quantitative estimate of drug-likeness (QED) is 0.831. The first-order chi connectivity index (χ1) is 11.2. The van der Waals surface area contributed by atoms with Crippen molar-refractivity contribution in [2.24, 2.45) is 0 Å². The van der Waals surface area contributed by atoms with Crippen molar-refractivity contribution in [1.29, 1.82) is 0 Å². The van der Waals surface area contributed by atoms with Gasteiger partial charge in [-0.05, 0) is 25.8 Å². The number of hydrogen-bond acceptors (Lipinski definition) is 3. The number of hydrogen-bond donors (Lipinski definition) is 0. The average molecular weight is 340 g/mol. The SMILES string of the molecule is Cc1ccc(CCN(CC(F)(F)F)C(=O)c2oc(C)nc2C)cc1. The molecule has 1 aromatic carbocycles. The number of nitrogens with zero attached hydrogens (tertiary/aromatic N) is 2. The van der Waals surface area contributed by atoms with Crippen LogP contribution in [0.15, 0.2) is 28.7 Å². The van der Waals surface area contributed by atoms with Crippen LogP contribution in [0.3, 0.4) is 0 Å². The Bertz CT molecular complexity index is 706. The first-order valence-electron chi connectivity index (χ1n) is 7.51. The van der Waals surface area contributed by atoms with Gasteiger partial charge in [0.05, 0.1) is 5.69 Å². The highest BCUT2D eigenvalue weighted by atomic mass is 19.4. The van der Waals surface area contributed by atoms with E-state index in [2.05, 4.69) is 4.98 Å². The molecule has 0 radical (unpaired) electrons. The summed E-state index contributed by atoms with van der Waals surface area (Å²) in [4.78, 5) is 17.1. The predicted molar refractivity (Wildman–Crippen MR) is 82.8 cm³/mol. The third-order valence-corrected chi connectivity index (χ3v) is 3.55. The van der Waals surface area contributed by atoms with E-state index in [1.165, 1.54) is 6.92 Å². The number of aromatic nitrogens is 1. The number of aryl methyl sites for hydroxylation is 3. The summed E-state index contributed by atoms with van der Waals surface area (Å²) in [6.45, 7) is 3.63. The third kappa shape index (κ3) is 4.84. The van der Waals surface area contributed by atoms with Crippen LogP contribution in [0.4, 0.5) is 13.2 Å². The number of rotatable bonds is 5. The zero-order chi connectivity index (χ0) is 17.9. The summed E-state index contributed by atoms with van der Waals surface area (Å²) in [7, 11) is 0. The molecule has 4 nitrogen and oxygen atoms in total. The second kappa shape index (κ2) is 7.07. The van der Waals surface area contributed by atoms with Crippen molar-refractivity contribution < 1.29 is 22.4 Å². The van der Waals surface area contributed by atoms with Gasteiger partial charge in [-0.15, -0.1) is 0 Å². The molecule has 2 rings (SSSR count). The minimum Gasteiger partial charge on any atom is -0.436 e. The Labute approximate surface area is 138 Å². The highest BCUT2D eigenvalue weighted by Gasteiger charge is 2.34. The maximum absolute atomic E-state index is 12.8. The van der Waals surface area contributed by atoms with Crippen molar-refractivity contribution in [2.45, 2.75) is 33.4 Å². The van der Waals surface area contributed by atoms with E-state index in [1.807, 2.05) is 31.2 Å². The summed E-state index contributed by atoms with van der Waals surface area (Å²) in [6, 6.07) is 7.45. The maximum Gasteiger partial charge on any atom is 0.406 e. The average Bonchev–Trinajstić information content (AvgIpc) is 2.82. The first-order valence-corrected chi connectivity index (χ1v) is 7.51. The van der Waals surface area contributed by atoms with Crippen molar-refractivity contribution >= 4 is 5.91 Å². The fourth-order valence-corrected chi connectivity index (χ4v) is 2.36. The van der Waals surface area contributed by atoms with Gasteiger partial charge in [-0.1, -0.05) is 29.8 Å². The van der Waals surface area contributed by atoms with Crippen LogP contribution < -0.4 is 0 Å². The van der Waals surface area contributed by atoms with E-state index in [0.29, 0.717) is 12.1 Å². The summed E-state index contributed by atoms with van der Waals surface area (Å²) in [5.74, 6) is -0.681. The van der Waals surface area contributed by atoms with E-state index < -0.39 is 18.6 Å². The van der Waals surface area contributed by atoms with Crippen molar-refractivity contribution in [2.75, 3.05) is 13.1 Å². The Morgan fingerprint density at radius 2 is 1.79 bits per heavy atom. The molecule has 0 bridgehead atoms. The topological polar surface area (TPSA) is 46.3 Å². The van der Waals surface area contributed by atoms with Gasteiger partial charge in [0.1, 0.15) is 6.54 Å². The van der Waals surface area contributed by atoms with Crippen LogP contribution >= 0.6 is 0 Å². The summed E-state index contributed by atoms with van der Waals surface area (Å²) < 4.78 is 43.6. The van der Waals surface area contributed by atoms with Gasteiger partial charge < -0.3 is 9.32 Å². The Hall–Kier alpha value is -2.31. The molecule has 1 heterocycles. The summed E-state index contributed by atoms with van der Waals surface area (Å²) in [5.41, 5.74) is 2.22. The van der Waals surface area contributed by atoms with Crippen molar-refractivity contribution in [3.05, 3.63) is 52.7 Å². The molecule has 0 aliphatic carbocycles. The van der Waals surface area contributed by atoms with Crippen molar-refractivity contribution in [1.82, 2.24) is 9.88 Å². The van der Waals surface area contributed by atoms with Crippen LogP contribution in [0.5, 0.6) is 0 Å². The molecule has 0 atom stereocenters. The molecule has 0 N–H and O–H groups in total. The molecule has 1 aromatic heterocycles. The van der Waals surface area contributed by atoms with Gasteiger partial charge in [-0.3, -0.25) is 4.79 Å². The predicted octanol–water partition coefficient (Wildman–Crippen LogP) is 3.85. The molecule has 0 saturated heterocycles. The second-order valence-electron chi connectivity index (χ2n) is 5.72. The Morgan fingerprint density at radius 1 is 1.17 bits per heavy atom. The third-order valence-electron chi connectivity index (χ3n) is 3.55. The van der Waals surface area contributed by atoms with Gasteiger partial charge >= 0.3 is 6.18 Å². The molecule has 0 spiro atoms. The monoisotopic (exact) mass is 340 g/mol. The molecule has 2 aromatic rings. The van der Waals surface area contributed by atoms with Gasteiger partial charge in [0.15, 0.2) is 5.89 Å². The number of carbonyl (C=O) groups is 1. The molecule has 0 unspecified atom stereocenters. The van der Waals surface area contributed by atoms with Crippen molar-refractivity contribution in [3.8, 4) is 0 Å². The van der Waals surface area contributed by atoms with E-state index in [0.717, 1.165) is 16.0 Å². The molecule has 0 fully saturated rings. The Kier molecular flexibility index (Phi) is 5.31. The van der Waals surface area contributed by atoms with E-state index in [9.17, 15) is 18.0 Å². The van der Waals surface area contributed by atoms with E-state index in [-0.39, 0.29) is 18.2 Å². The lowest BCUT2D eigenvalue weighted by atomic mass is 10.1. The fourth-order valence-electron chi connectivity index (χ4n) is 2.36. The Balaban J connectivity index is 2.16. The molecule has 0 aliphatic heterocycles. The van der Waals surface area contributed by atoms with Crippen molar-refractivity contribution in [3.63, 3.8) is 0 Å². The zero-order valence-corrected chi connectivity index (χ0v) is 13.8. The van der Waals surface area contributed by atoms with Gasteiger partial charge in [-0.2, -0.15) is 13.2 Å². The van der Waals surface area contributed by atoms with Crippen LogP contribution in [0.2, 0.25) is 0 Å². The minimum absolute atomic E-state index is 0.0550. The van der Waals surface area contributed by atoms with Gasteiger partial charge in [-0.25, -0.2) is 4.98 Å².